The molecule has 0 aromatic carbocycles. The van der Waals surface area contributed by atoms with Crippen molar-refractivity contribution in [2.24, 2.45) is 0 Å². The van der Waals surface area contributed by atoms with Crippen molar-refractivity contribution in [1.29, 1.82) is 0 Å². The SMILES string of the molecule is CCn1cccc(NC(=O)c2cnc(C3CC3)nc2N)c1=O. The van der Waals surface area contributed by atoms with Crippen LogP contribution in [0.2, 0.25) is 0 Å². The molecule has 1 aliphatic rings. The van der Waals surface area contributed by atoms with E-state index in [1.807, 2.05) is 6.92 Å². The van der Waals surface area contributed by atoms with E-state index in [4.69, 9.17) is 5.73 Å². The number of anilines is 2. The number of nitrogens with two attached hydrogens (primary N) is 1. The smallest absolute Gasteiger partial charge is 0.274 e. The van der Waals surface area contributed by atoms with Gasteiger partial charge in [0, 0.05) is 24.9 Å². The summed E-state index contributed by atoms with van der Waals surface area (Å²) in [5, 5.41) is 2.57. The van der Waals surface area contributed by atoms with Crippen molar-refractivity contribution in [1.82, 2.24) is 14.5 Å². The van der Waals surface area contributed by atoms with Crippen molar-refractivity contribution in [3.63, 3.8) is 0 Å². The zero-order valence-corrected chi connectivity index (χ0v) is 12.2. The Morgan fingerprint density at radius 2 is 2.27 bits per heavy atom. The Morgan fingerprint density at radius 1 is 1.50 bits per heavy atom. The van der Waals surface area contributed by atoms with Crippen LogP contribution in [0.15, 0.2) is 29.3 Å². The molecule has 7 heteroatoms. The lowest BCUT2D eigenvalue weighted by molar-refractivity contribution is 0.102. The van der Waals surface area contributed by atoms with Crippen molar-refractivity contribution < 1.29 is 4.79 Å². The summed E-state index contributed by atoms with van der Waals surface area (Å²) in [5.41, 5.74) is 5.97. The van der Waals surface area contributed by atoms with E-state index in [-0.39, 0.29) is 22.6 Å². The zero-order chi connectivity index (χ0) is 15.7. The van der Waals surface area contributed by atoms with Gasteiger partial charge in [0.15, 0.2) is 0 Å². The van der Waals surface area contributed by atoms with Crippen molar-refractivity contribution >= 4 is 17.4 Å². The van der Waals surface area contributed by atoms with Crippen molar-refractivity contribution in [3.8, 4) is 0 Å². The average Bonchev–Trinajstić information content (AvgIpc) is 3.34. The first kappa shape index (κ1) is 14.2. The predicted molar refractivity (Wildman–Crippen MR) is 82.7 cm³/mol. The van der Waals surface area contributed by atoms with E-state index >= 15 is 0 Å². The maximum absolute atomic E-state index is 12.3. The van der Waals surface area contributed by atoms with Gasteiger partial charge >= 0.3 is 0 Å². The van der Waals surface area contributed by atoms with Gasteiger partial charge in [0.2, 0.25) is 0 Å². The number of aryl methyl sites for hydroxylation is 1. The van der Waals surface area contributed by atoms with E-state index in [0.717, 1.165) is 12.8 Å². The van der Waals surface area contributed by atoms with Crippen LogP contribution in [0.1, 0.15) is 41.9 Å². The summed E-state index contributed by atoms with van der Waals surface area (Å²) in [4.78, 5) is 32.7. The first-order valence-corrected chi connectivity index (χ1v) is 7.23. The largest absolute Gasteiger partial charge is 0.383 e. The summed E-state index contributed by atoms with van der Waals surface area (Å²) in [5.74, 6) is 0.708. The number of pyridine rings is 1. The van der Waals surface area contributed by atoms with Gasteiger partial charge in [-0.2, -0.15) is 0 Å². The van der Waals surface area contributed by atoms with Gasteiger partial charge in [0.1, 0.15) is 22.9 Å². The second-order valence-electron chi connectivity index (χ2n) is 5.27. The molecule has 3 N–H and O–H groups in total. The van der Waals surface area contributed by atoms with Gasteiger partial charge in [-0.3, -0.25) is 9.59 Å². The monoisotopic (exact) mass is 299 g/mol. The second-order valence-corrected chi connectivity index (χ2v) is 5.27. The lowest BCUT2D eigenvalue weighted by atomic mass is 10.2. The van der Waals surface area contributed by atoms with Gasteiger partial charge in [0.05, 0.1) is 0 Å². The van der Waals surface area contributed by atoms with E-state index < -0.39 is 5.91 Å². The highest BCUT2D eigenvalue weighted by Crippen LogP contribution is 2.38. The quantitative estimate of drug-likeness (QED) is 0.887. The highest BCUT2D eigenvalue weighted by Gasteiger charge is 2.27. The van der Waals surface area contributed by atoms with Crippen LogP contribution in [0, 0.1) is 0 Å². The van der Waals surface area contributed by atoms with E-state index in [2.05, 4.69) is 15.3 Å². The first-order chi connectivity index (χ1) is 10.6. The fourth-order valence-corrected chi connectivity index (χ4v) is 2.19. The average molecular weight is 299 g/mol. The maximum atomic E-state index is 12.3. The molecule has 7 nitrogen and oxygen atoms in total. The Morgan fingerprint density at radius 3 is 2.91 bits per heavy atom. The third kappa shape index (κ3) is 2.69. The van der Waals surface area contributed by atoms with Crippen molar-refractivity contribution in [3.05, 3.63) is 46.3 Å². The van der Waals surface area contributed by atoms with Gasteiger partial charge in [-0.25, -0.2) is 9.97 Å². The number of nitrogen functional groups attached to an aromatic ring is 1. The fourth-order valence-electron chi connectivity index (χ4n) is 2.19. The number of amides is 1. The molecule has 3 rings (SSSR count). The summed E-state index contributed by atoms with van der Waals surface area (Å²) < 4.78 is 1.51. The minimum atomic E-state index is -0.481. The lowest BCUT2D eigenvalue weighted by Crippen LogP contribution is -2.25. The predicted octanol–water partition coefficient (Wildman–Crippen LogP) is 1.37. The van der Waals surface area contributed by atoms with E-state index in [1.165, 1.54) is 10.8 Å². The van der Waals surface area contributed by atoms with Crippen LogP contribution in [0.5, 0.6) is 0 Å². The molecule has 0 radical (unpaired) electrons. The molecule has 2 aromatic heterocycles. The van der Waals surface area contributed by atoms with Gasteiger partial charge < -0.3 is 15.6 Å². The van der Waals surface area contributed by atoms with Gasteiger partial charge in [-0.1, -0.05) is 0 Å². The Balaban J connectivity index is 1.84. The van der Waals surface area contributed by atoms with Gasteiger partial charge in [-0.05, 0) is 31.9 Å². The normalized spacial score (nSPS) is 13.9. The van der Waals surface area contributed by atoms with E-state index in [9.17, 15) is 9.59 Å². The summed E-state index contributed by atoms with van der Waals surface area (Å²) in [7, 11) is 0. The molecule has 1 fully saturated rings. The third-order valence-electron chi connectivity index (χ3n) is 3.63. The van der Waals surface area contributed by atoms with Gasteiger partial charge in [0.25, 0.3) is 11.5 Å². The molecule has 2 heterocycles. The molecule has 1 aliphatic carbocycles. The number of hydrogen-bond acceptors (Lipinski definition) is 5. The Bertz CT molecular complexity index is 780. The molecule has 1 amide bonds. The highest BCUT2D eigenvalue weighted by molar-refractivity contribution is 6.06. The van der Waals surface area contributed by atoms with Crippen LogP contribution in [0.4, 0.5) is 11.5 Å². The van der Waals surface area contributed by atoms with Crippen LogP contribution < -0.4 is 16.6 Å². The molecular formula is C15H17N5O2. The summed E-state index contributed by atoms with van der Waals surface area (Å²) in [6.07, 6.45) is 5.21. The van der Waals surface area contributed by atoms with Crippen LogP contribution in [0.3, 0.4) is 0 Å². The van der Waals surface area contributed by atoms with Crippen molar-refractivity contribution in [2.45, 2.75) is 32.2 Å². The fraction of sp³-hybridized carbons (Fsp3) is 0.333. The summed E-state index contributed by atoms with van der Waals surface area (Å²) in [6.45, 7) is 2.39. The van der Waals surface area contributed by atoms with Gasteiger partial charge in [-0.15, -0.1) is 0 Å². The van der Waals surface area contributed by atoms with Crippen LogP contribution in [-0.4, -0.2) is 20.4 Å². The molecule has 0 aliphatic heterocycles. The number of nitrogens with one attached hydrogen (secondary N) is 1. The van der Waals surface area contributed by atoms with E-state index in [0.29, 0.717) is 18.3 Å². The second kappa shape index (κ2) is 5.59. The molecule has 0 bridgehead atoms. The van der Waals surface area contributed by atoms with E-state index in [1.54, 1.807) is 18.3 Å². The number of carbonyl (C=O) groups is 1. The number of hydrogen-bond donors (Lipinski definition) is 2. The Hall–Kier alpha value is -2.70. The van der Waals surface area contributed by atoms with Crippen LogP contribution in [-0.2, 0) is 6.54 Å². The lowest BCUT2D eigenvalue weighted by Gasteiger charge is -2.09. The molecule has 1 saturated carbocycles. The minimum absolute atomic E-state index is 0.140. The molecule has 2 aromatic rings. The van der Waals surface area contributed by atoms with Crippen LogP contribution >= 0.6 is 0 Å². The van der Waals surface area contributed by atoms with Crippen molar-refractivity contribution in [2.75, 3.05) is 11.1 Å². The minimum Gasteiger partial charge on any atom is -0.383 e. The summed E-state index contributed by atoms with van der Waals surface area (Å²) >= 11 is 0. The topological polar surface area (TPSA) is 103 Å². The third-order valence-corrected chi connectivity index (χ3v) is 3.63. The first-order valence-electron chi connectivity index (χ1n) is 7.23. The maximum Gasteiger partial charge on any atom is 0.274 e. The highest BCUT2D eigenvalue weighted by atomic mass is 16.2. The number of carbonyl (C=O) groups excluding carboxylic acids is 1. The number of nitrogens with zero attached hydrogens (tertiary/aromatic N) is 3. The molecule has 0 atom stereocenters. The molecular weight excluding hydrogens is 282 g/mol. The molecule has 0 saturated heterocycles. The Kier molecular flexibility index (Phi) is 3.62. The molecule has 22 heavy (non-hydrogen) atoms. The standard InChI is InChI=1S/C15H17N5O2/c1-2-20-7-3-4-11(15(20)22)18-14(21)10-8-17-13(9-5-6-9)19-12(10)16/h3-4,7-9H,2,5-6H2,1H3,(H,18,21)(H2,16,17,19). The summed E-state index contributed by atoms with van der Waals surface area (Å²) in [6, 6.07) is 3.26. The molecule has 0 unspecified atom stereocenters. The molecule has 0 spiro atoms. The van der Waals surface area contributed by atoms with Crippen LogP contribution in [0.25, 0.3) is 0 Å². The Labute approximate surface area is 127 Å². The molecule has 114 valence electrons. The number of aromatic nitrogens is 3. The number of rotatable bonds is 4. The zero-order valence-electron chi connectivity index (χ0n) is 12.2.